The van der Waals surface area contributed by atoms with Crippen LogP contribution in [0.5, 0.6) is 0 Å². The number of carbonyl (C=O) groups excluding carboxylic acids is 1. The zero-order valence-corrected chi connectivity index (χ0v) is 13.6. The molecule has 1 aliphatic rings. The van der Waals surface area contributed by atoms with Gasteiger partial charge in [0.1, 0.15) is 11.7 Å². The molecule has 2 heterocycles. The van der Waals surface area contributed by atoms with E-state index in [1.165, 1.54) is 6.33 Å². The number of fused-ring (bicyclic) bond motifs is 1. The Morgan fingerprint density at radius 2 is 1.89 bits per heavy atom. The number of aromatic nitrogens is 2. The second-order valence-corrected chi connectivity index (χ2v) is 5.87. The molecule has 4 rings (SSSR count). The molecule has 1 aliphatic heterocycles. The maximum Gasteiger partial charge on any atom is 0.416 e. The topological polar surface area (TPSA) is 106 Å². The summed E-state index contributed by atoms with van der Waals surface area (Å²) < 4.78 is 39.4. The average molecular weight is 377 g/mol. The van der Waals surface area contributed by atoms with E-state index >= 15 is 0 Å². The van der Waals surface area contributed by atoms with Crippen molar-refractivity contribution in [3.05, 3.63) is 59.4 Å². The van der Waals surface area contributed by atoms with Crippen molar-refractivity contribution in [1.82, 2.24) is 31.9 Å². The SMILES string of the molecule is O=C(Nc1cccc(C2NNNN2)c1)c1cc(C(F)(F)F)cc2[nH]cnc12. The van der Waals surface area contributed by atoms with E-state index in [9.17, 15) is 18.0 Å². The molecular weight excluding hydrogens is 363 g/mol. The molecule has 0 unspecified atom stereocenters. The van der Waals surface area contributed by atoms with Crippen LogP contribution in [0.15, 0.2) is 42.7 Å². The number of amides is 1. The molecule has 8 nitrogen and oxygen atoms in total. The second-order valence-electron chi connectivity index (χ2n) is 5.87. The molecule has 0 atom stereocenters. The third-order valence-corrected chi connectivity index (χ3v) is 4.07. The van der Waals surface area contributed by atoms with Crippen molar-refractivity contribution >= 4 is 22.6 Å². The van der Waals surface area contributed by atoms with Gasteiger partial charge in [-0.2, -0.15) is 24.2 Å². The smallest absolute Gasteiger partial charge is 0.345 e. The number of benzene rings is 2. The van der Waals surface area contributed by atoms with E-state index in [4.69, 9.17) is 0 Å². The number of hydrazine groups is 3. The first kappa shape index (κ1) is 17.4. The summed E-state index contributed by atoms with van der Waals surface area (Å²) in [6.45, 7) is 0. The maximum absolute atomic E-state index is 13.1. The van der Waals surface area contributed by atoms with Gasteiger partial charge in [0.25, 0.3) is 5.91 Å². The summed E-state index contributed by atoms with van der Waals surface area (Å²) in [5, 5.41) is 2.63. The molecule has 0 bridgehead atoms. The minimum Gasteiger partial charge on any atom is -0.345 e. The van der Waals surface area contributed by atoms with Gasteiger partial charge >= 0.3 is 6.18 Å². The van der Waals surface area contributed by atoms with Gasteiger partial charge in [-0.3, -0.25) is 4.79 Å². The van der Waals surface area contributed by atoms with Crippen LogP contribution in [-0.4, -0.2) is 15.9 Å². The molecule has 140 valence electrons. The molecule has 11 heteroatoms. The lowest BCUT2D eigenvalue weighted by molar-refractivity contribution is -0.137. The van der Waals surface area contributed by atoms with Crippen molar-refractivity contribution in [3.63, 3.8) is 0 Å². The zero-order valence-electron chi connectivity index (χ0n) is 13.6. The number of H-pyrrole nitrogens is 1. The Hall–Kier alpha value is -2.99. The van der Waals surface area contributed by atoms with Gasteiger partial charge in [-0.05, 0) is 29.8 Å². The van der Waals surface area contributed by atoms with Crippen LogP contribution in [0.2, 0.25) is 0 Å². The Morgan fingerprint density at radius 1 is 1.11 bits per heavy atom. The fourth-order valence-electron chi connectivity index (χ4n) is 2.80. The van der Waals surface area contributed by atoms with Gasteiger partial charge in [0.15, 0.2) is 0 Å². The van der Waals surface area contributed by atoms with E-state index in [0.29, 0.717) is 5.69 Å². The number of nitrogens with zero attached hydrogens (tertiary/aromatic N) is 1. The number of nitrogens with one attached hydrogen (secondary N) is 6. The summed E-state index contributed by atoms with van der Waals surface area (Å²) in [5.41, 5.74) is 11.6. The molecule has 0 radical (unpaired) electrons. The molecule has 2 aromatic carbocycles. The molecule has 1 saturated heterocycles. The van der Waals surface area contributed by atoms with E-state index in [-0.39, 0.29) is 22.8 Å². The van der Waals surface area contributed by atoms with Gasteiger partial charge < -0.3 is 10.3 Å². The molecule has 0 saturated carbocycles. The predicted octanol–water partition coefficient (Wildman–Crippen LogP) is 1.95. The van der Waals surface area contributed by atoms with Crippen molar-refractivity contribution in [1.29, 1.82) is 0 Å². The Balaban J connectivity index is 1.65. The van der Waals surface area contributed by atoms with Crippen molar-refractivity contribution in [2.24, 2.45) is 0 Å². The molecule has 3 aromatic rings. The summed E-state index contributed by atoms with van der Waals surface area (Å²) in [6.07, 6.45) is -3.57. The highest BCUT2D eigenvalue weighted by molar-refractivity contribution is 6.11. The first-order chi connectivity index (χ1) is 12.9. The number of aromatic amines is 1. The second kappa shape index (κ2) is 6.63. The quantitative estimate of drug-likeness (QED) is 0.417. The number of alkyl halides is 3. The first-order valence-corrected chi connectivity index (χ1v) is 7.88. The average Bonchev–Trinajstić information content (AvgIpc) is 3.32. The summed E-state index contributed by atoms with van der Waals surface area (Å²) in [4.78, 5) is 19.2. The number of carbonyl (C=O) groups is 1. The van der Waals surface area contributed by atoms with E-state index in [1.54, 1.807) is 18.2 Å². The number of rotatable bonds is 3. The van der Waals surface area contributed by atoms with Gasteiger partial charge in [0, 0.05) is 5.69 Å². The highest BCUT2D eigenvalue weighted by Gasteiger charge is 2.32. The monoisotopic (exact) mass is 377 g/mol. The predicted molar refractivity (Wildman–Crippen MR) is 90.8 cm³/mol. The lowest BCUT2D eigenvalue weighted by Crippen LogP contribution is -2.33. The molecule has 0 aliphatic carbocycles. The number of anilines is 1. The summed E-state index contributed by atoms with van der Waals surface area (Å²) >= 11 is 0. The van der Waals surface area contributed by atoms with E-state index < -0.39 is 17.6 Å². The standard InChI is InChI=1S/C16H14F3N7O/c17-16(18,19)9-5-11(13-12(6-9)20-7-21-13)15(27)22-10-3-1-2-8(4-10)14-23-25-26-24-14/h1-7,14,23-26H,(H,20,21)(H,22,27). The fourth-order valence-corrected chi connectivity index (χ4v) is 2.80. The Kier molecular flexibility index (Phi) is 4.28. The summed E-state index contributed by atoms with van der Waals surface area (Å²) in [6, 6.07) is 8.63. The van der Waals surface area contributed by atoms with Crippen molar-refractivity contribution in [2.45, 2.75) is 12.3 Å². The van der Waals surface area contributed by atoms with Gasteiger partial charge in [-0.25, -0.2) is 15.8 Å². The van der Waals surface area contributed by atoms with Gasteiger partial charge in [0.05, 0.1) is 23.0 Å². The largest absolute Gasteiger partial charge is 0.416 e. The molecule has 0 spiro atoms. The van der Waals surface area contributed by atoms with E-state index in [0.717, 1.165) is 17.7 Å². The van der Waals surface area contributed by atoms with Crippen LogP contribution in [0.1, 0.15) is 27.7 Å². The maximum atomic E-state index is 13.1. The lowest BCUT2D eigenvalue weighted by atomic mass is 10.1. The van der Waals surface area contributed by atoms with Gasteiger partial charge in [0.2, 0.25) is 0 Å². The number of halogens is 3. The van der Waals surface area contributed by atoms with Crippen LogP contribution in [0.25, 0.3) is 11.0 Å². The first-order valence-electron chi connectivity index (χ1n) is 7.88. The highest BCUT2D eigenvalue weighted by Crippen LogP contribution is 2.32. The van der Waals surface area contributed by atoms with Crippen LogP contribution in [-0.2, 0) is 6.18 Å². The van der Waals surface area contributed by atoms with Crippen molar-refractivity contribution in [2.75, 3.05) is 5.32 Å². The summed E-state index contributed by atoms with van der Waals surface area (Å²) in [5.74, 6) is -0.682. The minimum absolute atomic E-state index is 0.139. The van der Waals surface area contributed by atoms with Crippen molar-refractivity contribution < 1.29 is 18.0 Å². The van der Waals surface area contributed by atoms with E-state index in [1.807, 2.05) is 6.07 Å². The van der Waals surface area contributed by atoms with Crippen LogP contribution in [0.3, 0.4) is 0 Å². The molecule has 1 aromatic heterocycles. The van der Waals surface area contributed by atoms with Crippen LogP contribution < -0.4 is 27.2 Å². The number of imidazole rings is 1. The van der Waals surface area contributed by atoms with Crippen LogP contribution >= 0.6 is 0 Å². The molecule has 1 amide bonds. The van der Waals surface area contributed by atoms with Crippen LogP contribution in [0.4, 0.5) is 18.9 Å². The Bertz CT molecular complexity index is 995. The van der Waals surface area contributed by atoms with Gasteiger partial charge in [-0.1, -0.05) is 12.1 Å². The molecule has 6 N–H and O–H groups in total. The van der Waals surface area contributed by atoms with Crippen molar-refractivity contribution in [3.8, 4) is 0 Å². The molecule has 27 heavy (non-hydrogen) atoms. The number of hydrogen-bond acceptors (Lipinski definition) is 6. The lowest BCUT2D eigenvalue weighted by Gasteiger charge is -2.13. The van der Waals surface area contributed by atoms with Gasteiger partial charge in [-0.15, -0.1) is 0 Å². The fraction of sp³-hybridized carbons (Fsp3) is 0.125. The minimum atomic E-state index is -4.58. The Morgan fingerprint density at radius 3 is 2.63 bits per heavy atom. The molecule has 1 fully saturated rings. The summed E-state index contributed by atoms with van der Waals surface area (Å²) in [7, 11) is 0. The normalized spacial score (nSPS) is 15.4. The molecular formula is C16H14F3N7O. The third-order valence-electron chi connectivity index (χ3n) is 4.07. The zero-order chi connectivity index (χ0) is 19.0. The third kappa shape index (κ3) is 3.48. The number of hydrogen-bond donors (Lipinski definition) is 6. The Labute approximate surface area is 150 Å². The van der Waals surface area contributed by atoms with Crippen LogP contribution in [0, 0.1) is 0 Å². The van der Waals surface area contributed by atoms with E-state index in [2.05, 4.69) is 37.2 Å². The highest BCUT2D eigenvalue weighted by atomic mass is 19.4.